The molecule has 134 valence electrons. The molecule has 1 fully saturated rings. The Balaban J connectivity index is 1.59. The van der Waals surface area contributed by atoms with E-state index in [4.69, 9.17) is 4.42 Å². The second-order valence-corrected chi connectivity index (χ2v) is 7.72. The Morgan fingerprint density at radius 3 is 2.60 bits per heavy atom. The van der Waals surface area contributed by atoms with E-state index in [1.54, 1.807) is 4.90 Å². The number of likely N-dealkylation sites (N-methyl/N-ethyl adjacent to an activating group) is 1. The first-order chi connectivity index (χ1) is 12.1. The Kier molecular flexibility index (Phi) is 5.75. The maximum atomic E-state index is 12.6. The second kappa shape index (κ2) is 8.01. The van der Waals surface area contributed by atoms with Gasteiger partial charge < -0.3 is 14.2 Å². The molecule has 7 heteroatoms. The number of piperazine rings is 1. The zero-order valence-corrected chi connectivity index (χ0v) is 15.8. The van der Waals surface area contributed by atoms with Gasteiger partial charge in [-0.25, -0.2) is 0 Å². The van der Waals surface area contributed by atoms with Crippen LogP contribution in [0, 0.1) is 6.92 Å². The summed E-state index contributed by atoms with van der Waals surface area (Å²) in [6.45, 7) is 10.9. The van der Waals surface area contributed by atoms with Crippen LogP contribution in [0.15, 0.2) is 33.9 Å². The number of hydrogen-bond acceptors (Lipinski definition) is 5. The molecule has 1 aliphatic rings. The molecule has 0 saturated carbocycles. The van der Waals surface area contributed by atoms with Crippen molar-refractivity contribution in [3.05, 3.63) is 29.8 Å². The lowest BCUT2D eigenvalue weighted by Crippen LogP contribution is -3.14. The highest BCUT2D eigenvalue weighted by Gasteiger charge is 2.28. The molecule has 1 aliphatic heterocycles. The van der Waals surface area contributed by atoms with Crippen LogP contribution in [0.5, 0.6) is 0 Å². The van der Waals surface area contributed by atoms with Crippen LogP contribution in [-0.2, 0) is 4.79 Å². The average molecular weight is 361 g/mol. The fraction of sp³-hybridized carbons (Fsp3) is 0.500. The zero-order chi connectivity index (χ0) is 17.8. The van der Waals surface area contributed by atoms with Crippen molar-refractivity contribution in [2.75, 3.05) is 32.7 Å². The lowest BCUT2D eigenvalue weighted by molar-refractivity contribution is -0.902. The van der Waals surface area contributed by atoms with Crippen molar-refractivity contribution in [2.45, 2.75) is 31.2 Å². The highest BCUT2D eigenvalue weighted by molar-refractivity contribution is 8.00. The molecule has 1 aromatic carbocycles. The van der Waals surface area contributed by atoms with Crippen molar-refractivity contribution < 1.29 is 14.1 Å². The summed E-state index contributed by atoms with van der Waals surface area (Å²) in [5.74, 6) is 0.637. The van der Waals surface area contributed by atoms with Gasteiger partial charge in [0.05, 0.1) is 38.0 Å². The highest BCUT2D eigenvalue weighted by atomic mass is 32.2. The molecule has 0 bridgehead atoms. The van der Waals surface area contributed by atoms with E-state index in [1.807, 2.05) is 43.0 Å². The molecule has 25 heavy (non-hydrogen) atoms. The summed E-state index contributed by atoms with van der Waals surface area (Å²) >= 11 is 1.33. The van der Waals surface area contributed by atoms with Gasteiger partial charge in [-0.1, -0.05) is 29.5 Å². The molecule has 1 aromatic heterocycles. The molecule has 1 amide bonds. The van der Waals surface area contributed by atoms with Crippen LogP contribution < -0.4 is 4.90 Å². The van der Waals surface area contributed by atoms with Gasteiger partial charge in [0.15, 0.2) is 0 Å². The van der Waals surface area contributed by atoms with Crippen LogP contribution in [-0.4, -0.2) is 59.0 Å². The monoisotopic (exact) mass is 361 g/mol. The molecule has 2 heterocycles. The maximum absolute atomic E-state index is 12.6. The minimum atomic E-state index is -0.227. The van der Waals surface area contributed by atoms with Gasteiger partial charge in [-0.05, 0) is 32.9 Å². The molecule has 0 aliphatic carbocycles. The first-order valence-electron chi connectivity index (χ1n) is 8.76. The summed E-state index contributed by atoms with van der Waals surface area (Å²) in [5, 5.41) is 8.39. The molecule has 2 aromatic rings. The van der Waals surface area contributed by atoms with Crippen molar-refractivity contribution in [2.24, 2.45) is 0 Å². The number of quaternary nitrogens is 1. The van der Waals surface area contributed by atoms with Crippen LogP contribution in [0.1, 0.15) is 19.4 Å². The molecule has 6 nitrogen and oxygen atoms in total. The van der Waals surface area contributed by atoms with Crippen LogP contribution in [0.2, 0.25) is 0 Å². The summed E-state index contributed by atoms with van der Waals surface area (Å²) in [6.07, 6.45) is 0. The van der Waals surface area contributed by atoms with Gasteiger partial charge in [0.1, 0.15) is 0 Å². The van der Waals surface area contributed by atoms with Gasteiger partial charge in [-0.15, -0.1) is 10.2 Å². The Morgan fingerprint density at radius 2 is 1.96 bits per heavy atom. The van der Waals surface area contributed by atoms with Crippen molar-refractivity contribution in [1.82, 2.24) is 15.1 Å². The normalized spacial score (nSPS) is 16.8. The summed E-state index contributed by atoms with van der Waals surface area (Å²) < 4.78 is 5.72. The van der Waals surface area contributed by atoms with Crippen molar-refractivity contribution in [1.29, 1.82) is 0 Å². The van der Waals surface area contributed by atoms with E-state index in [-0.39, 0.29) is 11.2 Å². The number of aromatic nitrogens is 2. The topological polar surface area (TPSA) is 63.7 Å². The summed E-state index contributed by atoms with van der Waals surface area (Å²) in [4.78, 5) is 16.1. The quantitative estimate of drug-likeness (QED) is 0.813. The fourth-order valence-corrected chi connectivity index (χ4v) is 3.69. The van der Waals surface area contributed by atoms with E-state index in [0.717, 1.165) is 38.3 Å². The number of carbonyl (C=O) groups is 1. The lowest BCUT2D eigenvalue weighted by Gasteiger charge is -2.32. The predicted octanol–water partition coefficient (Wildman–Crippen LogP) is 1.27. The smallest absolute Gasteiger partial charge is 0.277 e. The number of aryl methyl sites for hydroxylation is 1. The second-order valence-electron chi connectivity index (χ2n) is 6.43. The molecule has 1 atom stereocenters. The van der Waals surface area contributed by atoms with E-state index < -0.39 is 0 Å². The number of hydrogen-bond donors (Lipinski definition) is 1. The molecule has 0 unspecified atom stereocenters. The van der Waals surface area contributed by atoms with E-state index in [1.165, 1.54) is 17.3 Å². The molecular weight excluding hydrogens is 336 g/mol. The molecule has 0 spiro atoms. The van der Waals surface area contributed by atoms with Gasteiger partial charge in [0.2, 0.25) is 11.8 Å². The molecular formula is C18H25N4O2S+. The minimum absolute atomic E-state index is 0.148. The van der Waals surface area contributed by atoms with Gasteiger partial charge >= 0.3 is 0 Å². The lowest BCUT2D eigenvalue weighted by atomic mass is 10.1. The highest BCUT2D eigenvalue weighted by Crippen LogP contribution is 2.27. The number of amides is 1. The SMILES string of the molecule is CC[NH+]1CCN(C(=O)[C@@H](C)Sc2nnc(-c3ccc(C)cc3)o2)CC1. The maximum Gasteiger partial charge on any atom is 0.277 e. The van der Waals surface area contributed by atoms with E-state index in [2.05, 4.69) is 17.1 Å². The van der Waals surface area contributed by atoms with E-state index in [0.29, 0.717) is 11.1 Å². The molecule has 1 saturated heterocycles. The standard InChI is InChI=1S/C18H24N4O2S/c1-4-21-9-11-22(12-10-21)17(23)14(3)25-18-20-19-16(24-18)15-7-5-13(2)6-8-15/h5-8,14H,4,9-12H2,1-3H3/p+1/t14-/m1/s1. The number of thioether (sulfide) groups is 1. The number of rotatable bonds is 5. The Hall–Kier alpha value is -1.86. The van der Waals surface area contributed by atoms with Crippen LogP contribution >= 0.6 is 11.8 Å². The van der Waals surface area contributed by atoms with Gasteiger partial charge in [0.25, 0.3) is 5.22 Å². The zero-order valence-electron chi connectivity index (χ0n) is 15.0. The van der Waals surface area contributed by atoms with Crippen molar-refractivity contribution in [3.63, 3.8) is 0 Å². The van der Waals surface area contributed by atoms with Crippen molar-refractivity contribution >= 4 is 17.7 Å². The van der Waals surface area contributed by atoms with Gasteiger partial charge in [-0.2, -0.15) is 0 Å². The molecule has 1 N–H and O–H groups in total. The summed E-state index contributed by atoms with van der Waals surface area (Å²) in [7, 11) is 0. The largest absolute Gasteiger partial charge is 0.411 e. The Morgan fingerprint density at radius 1 is 1.28 bits per heavy atom. The van der Waals surface area contributed by atoms with Crippen molar-refractivity contribution in [3.8, 4) is 11.5 Å². The third kappa shape index (κ3) is 4.41. The van der Waals surface area contributed by atoms with Gasteiger partial charge in [-0.3, -0.25) is 4.79 Å². The Labute approximate surface area is 152 Å². The third-order valence-corrected chi connectivity index (χ3v) is 5.53. The minimum Gasteiger partial charge on any atom is -0.411 e. The average Bonchev–Trinajstić information content (AvgIpc) is 3.10. The molecule has 0 radical (unpaired) electrons. The fourth-order valence-electron chi connectivity index (χ4n) is 2.93. The van der Waals surface area contributed by atoms with Crippen LogP contribution in [0.25, 0.3) is 11.5 Å². The number of nitrogens with one attached hydrogen (secondary N) is 1. The number of benzene rings is 1. The number of carbonyl (C=O) groups excluding carboxylic acids is 1. The summed E-state index contributed by atoms with van der Waals surface area (Å²) in [5.41, 5.74) is 2.07. The molecule has 3 rings (SSSR count). The van der Waals surface area contributed by atoms with Crippen LogP contribution in [0.4, 0.5) is 0 Å². The number of nitrogens with zero attached hydrogens (tertiary/aromatic N) is 3. The predicted molar refractivity (Wildman–Crippen MR) is 97.6 cm³/mol. The van der Waals surface area contributed by atoms with E-state index in [9.17, 15) is 4.79 Å². The summed E-state index contributed by atoms with van der Waals surface area (Å²) in [6, 6.07) is 7.94. The van der Waals surface area contributed by atoms with Crippen LogP contribution in [0.3, 0.4) is 0 Å². The van der Waals surface area contributed by atoms with E-state index >= 15 is 0 Å². The first-order valence-corrected chi connectivity index (χ1v) is 9.64. The Bertz CT molecular complexity index is 708. The van der Waals surface area contributed by atoms with Gasteiger partial charge in [0, 0.05) is 5.56 Å². The third-order valence-electron chi connectivity index (χ3n) is 4.61. The first kappa shape index (κ1) is 17.9.